The molecule has 39 heavy (non-hydrogen) atoms. The highest BCUT2D eigenvalue weighted by molar-refractivity contribution is 6.31. The number of benzene rings is 3. The van der Waals surface area contributed by atoms with Gasteiger partial charge in [-0.05, 0) is 66.4 Å². The summed E-state index contributed by atoms with van der Waals surface area (Å²) in [5, 5.41) is 0.801. The van der Waals surface area contributed by atoms with Crippen LogP contribution >= 0.6 is 11.6 Å². The molecule has 5 rings (SSSR count). The highest BCUT2D eigenvalue weighted by Crippen LogP contribution is 2.39. The summed E-state index contributed by atoms with van der Waals surface area (Å²) in [6, 6.07) is 19.7. The summed E-state index contributed by atoms with van der Waals surface area (Å²) in [7, 11) is 1.63. The monoisotopic (exact) mass is 545 g/mol. The number of carbonyl (C=O) groups excluding carboxylic acids is 1. The molecule has 1 unspecified atom stereocenters. The van der Waals surface area contributed by atoms with Crippen molar-refractivity contribution in [1.82, 2.24) is 4.90 Å². The fraction of sp³-hybridized carbons (Fsp3) is 0.312. The molecule has 0 radical (unpaired) electrons. The fourth-order valence-corrected chi connectivity index (χ4v) is 5.25. The number of amides is 1. The topological polar surface area (TPSA) is 69.0 Å². The Morgan fingerprint density at radius 1 is 0.923 bits per heavy atom. The quantitative estimate of drug-likeness (QED) is 0.186. The highest BCUT2D eigenvalue weighted by Gasteiger charge is 2.42. The molecule has 0 N–H and O–H groups in total. The van der Waals surface area contributed by atoms with E-state index in [0.29, 0.717) is 41.1 Å². The zero-order valence-electron chi connectivity index (χ0n) is 22.2. The lowest BCUT2D eigenvalue weighted by Gasteiger charge is -2.25. The van der Waals surface area contributed by atoms with E-state index < -0.39 is 6.04 Å². The van der Waals surface area contributed by atoms with E-state index in [2.05, 4.69) is 6.92 Å². The molecule has 1 aliphatic heterocycles. The largest absolute Gasteiger partial charge is 0.497 e. The Morgan fingerprint density at radius 3 is 2.38 bits per heavy atom. The second kappa shape index (κ2) is 12.0. The van der Waals surface area contributed by atoms with Crippen LogP contribution in [0.1, 0.15) is 65.9 Å². The summed E-state index contributed by atoms with van der Waals surface area (Å²) in [5.41, 5.74) is 2.33. The average Bonchev–Trinajstić information content (AvgIpc) is 3.24. The Labute approximate surface area is 233 Å². The molecule has 0 spiro atoms. The average molecular weight is 546 g/mol. The SMILES string of the molecule is CCCCCCOc1ccc(C2c3c(oc4ccc(Cl)cc4c3=O)C(=O)N2CCc2ccc(OC)cc2)cc1. The van der Waals surface area contributed by atoms with Gasteiger partial charge in [-0.25, -0.2) is 0 Å². The third-order valence-corrected chi connectivity index (χ3v) is 7.43. The second-order valence-corrected chi connectivity index (χ2v) is 10.2. The standard InChI is InChI=1S/C32H32ClNO5/c1-3-4-5-6-19-38-25-14-9-22(10-15-25)29-28-30(35)26-20-23(33)11-16-27(26)39-31(28)32(36)34(29)18-17-21-7-12-24(37-2)13-8-21/h7-16,20,29H,3-6,17-19H2,1-2H3. The molecule has 1 amide bonds. The van der Waals surface area contributed by atoms with E-state index in [9.17, 15) is 9.59 Å². The summed E-state index contributed by atoms with van der Waals surface area (Å²) >= 11 is 6.20. The van der Waals surface area contributed by atoms with Gasteiger partial charge >= 0.3 is 0 Å². The first kappa shape index (κ1) is 26.8. The van der Waals surface area contributed by atoms with Crippen molar-refractivity contribution in [3.8, 4) is 11.5 Å². The highest BCUT2D eigenvalue weighted by atomic mass is 35.5. The van der Waals surface area contributed by atoms with Crippen LogP contribution in [-0.4, -0.2) is 31.1 Å². The van der Waals surface area contributed by atoms with Crippen molar-refractivity contribution in [3.63, 3.8) is 0 Å². The van der Waals surface area contributed by atoms with Gasteiger partial charge in [-0.1, -0.05) is 62.1 Å². The molecule has 4 aromatic rings. The first-order valence-corrected chi connectivity index (χ1v) is 13.8. The van der Waals surface area contributed by atoms with Crippen molar-refractivity contribution in [2.75, 3.05) is 20.3 Å². The Hall–Kier alpha value is -3.77. The number of ether oxygens (including phenoxy) is 2. The van der Waals surface area contributed by atoms with Crippen molar-refractivity contribution in [1.29, 1.82) is 0 Å². The summed E-state index contributed by atoms with van der Waals surface area (Å²) in [4.78, 5) is 29.2. The molecule has 3 aromatic carbocycles. The number of carbonyl (C=O) groups is 1. The molecular formula is C32H32ClNO5. The molecule has 7 heteroatoms. The van der Waals surface area contributed by atoms with Crippen LogP contribution < -0.4 is 14.9 Å². The lowest BCUT2D eigenvalue weighted by molar-refractivity contribution is 0.0730. The number of rotatable bonds is 11. The van der Waals surface area contributed by atoms with Crippen LogP contribution in [0, 0.1) is 0 Å². The lowest BCUT2D eigenvalue weighted by atomic mass is 9.98. The Morgan fingerprint density at radius 2 is 1.67 bits per heavy atom. The first-order chi connectivity index (χ1) is 19.0. The van der Waals surface area contributed by atoms with Crippen LogP contribution in [0.15, 0.2) is 75.9 Å². The van der Waals surface area contributed by atoms with Gasteiger partial charge < -0.3 is 18.8 Å². The van der Waals surface area contributed by atoms with Gasteiger partial charge in [0.05, 0.1) is 30.7 Å². The van der Waals surface area contributed by atoms with Gasteiger partial charge in [-0.15, -0.1) is 0 Å². The summed E-state index contributed by atoms with van der Waals surface area (Å²) < 4.78 is 17.2. The lowest BCUT2D eigenvalue weighted by Crippen LogP contribution is -2.31. The number of hydrogen-bond donors (Lipinski definition) is 0. The summed E-state index contributed by atoms with van der Waals surface area (Å²) in [6.45, 7) is 3.25. The minimum absolute atomic E-state index is 0.0887. The van der Waals surface area contributed by atoms with Crippen LogP contribution in [0.2, 0.25) is 5.02 Å². The van der Waals surface area contributed by atoms with Gasteiger partial charge in [0.25, 0.3) is 5.91 Å². The Bertz CT molecular complexity index is 1510. The predicted octanol–water partition coefficient (Wildman–Crippen LogP) is 7.20. The predicted molar refractivity (Wildman–Crippen MR) is 153 cm³/mol. The van der Waals surface area contributed by atoms with Gasteiger partial charge in [0, 0.05) is 11.6 Å². The molecule has 6 nitrogen and oxygen atoms in total. The number of nitrogens with zero attached hydrogens (tertiary/aromatic N) is 1. The number of methoxy groups -OCH3 is 1. The molecule has 1 aromatic heterocycles. The van der Waals surface area contributed by atoms with E-state index in [1.807, 2.05) is 48.5 Å². The number of hydrogen-bond acceptors (Lipinski definition) is 5. The third kappa shape index (κ3) is 5.66. The maximum absolute atomic E-state index is 13.8. The van der Waals surface area contributed by atoms with Crippen LogP contribution in [0.3, 0.4) is 0 Å². The molecule has 0 aliphatic carbocycles. The normalized spacial score (nSPS) is 14.6. The molecule has 1 aliphatic rings. The molecule has 0 saturated heterocycles. The minimum atomic E-state index is -0.580. The maximum atomic E-state index is 13.8. The molecule has 0 bridgehead atoms. The van der Waals surface area contributed by atoms with Gasteiger partial charge in [0.1, 0.15) is 17.1 Å². The van der Waals surface area contributed by atoms with Crippen molar-refractivity contribution >= 4 is 28.5 Å². The Balaban J connectivity index is 1.47. The van der Waals surface area contributed by atoms with Gasteiger partial charge in [-0.2, -0.15) is 0 Å². The van der Waals surface area contributed by atoms with Gasteiger partial charge in [0.2, 0.25) is 5.76 Å². The zero-order chi connectivity index (χ0) is 27.4. The molecule has 2 heterocycles. The van der Waals surface area contributed by atoms with E-state index in [-0.39, 0.29) is 17.1 Å². The van der Waals surface area contributed by atoms with Crippen LogP contribution in [-0.2, 0) is 6.42 Å². The molecule has 1 atom stereocenters. The van der Waals surface area contributed by atoms with Gasteiger partial charge in [0.15, 0.2) is 5.43 Å². The van der Waals surface area contributed by atoms with Crippen molar-refractivity contribution < 1.29 is 18.7 Å². The smallest absolute Gasteiger partial charge is 0.290 e. The molecular weight excluding hydrogens is 514 g/mol. The summed E-state index contributed by atoms with van der Waals surface area (Å²) in [5.74, 6) is 1.33. The minimum Gasteiger partial charge on any atom is -0.497 e. The number of fused-ring (bicyclic) bond motifs is 2. The second-order valence-electron chi connectivity index (χ2n) is 9.79. The maximum Gasteiger partial charge on any atom is 0.290 e. The molecule has 202 valence electrons. The Kier molecular flexibility index (Phi) is 8.22. The van der Waals surface area contributed by atoms with Crippen LogP contribution in [0.25, 0.3) is 11.0 Å². The number of halogens is 1. The molecule has 0 saturated carbocycles. The van der Waals surface area contributed by atoms with Crippen molar-refractivity contribution in [3.05, 3.63) is 104 Å². The van der Waals surface area contributed by atoms with E-state index in [1.165, 1.54) is 12.8 Å². The zero-order valence-corrected chi connectivity index (χ0v) is 23.0. The van der Waals surface area contributed by atoms with E-state index in [1.54, 1.807) is 30.2 Å². The summed E-state index contributed by atoms with van der Waals surface area (Å²) in [6.07, 6.45) is 5.15. The van der Waals surface area contributed by atoms with Gasteiger partial charge in [-0.3, -0.25) is 9.59 Å². The van der Waals surface area contributed by atoms with Crippen molar-refractivity contribution in [2.45, 2.75) is 45.1 Å². The molecule has 0 fully saturated rings. The van der Waals surface area contributed by atoms with E-state index in [0.717, 1.165) is 35.5 Å². The van der Waals surface area contributed by atoms with Crippen molar-refractivity contribution in [2.24, 2.45) is 0 Å². The fourth-order valence-electron chi connectivity index (χ4n) is 5.08. The first-order valence-electron chi connectivity index (χ1n) is 13.4. The third-order valence-electron chi connectivity index (χ3n) is 7.19. The van der Waals surface area contributed by atoms with Crippen LogP contribution in [0.4, 0.5) is 0 Å². The van der Waals surface area contributed by atoms with E-state index in [4.69, 9.17) is 25.5 Å². The van der Waals surface area contributed by atoms with Crippen LogP contribution in [0.5, 0.6) is 11.5 Å². The number of unbranched alkanes of at least 4 members (excludes halogenated alkanes) is 3. The van der Waals surface area contributed by atoms with E-state index >= 15 is 0 Å².